The highest BCUT2D eigenvalue weighted by atomic mass is 16.3. The summed E-state index contributed by atoms with van der Waals surface area (Å²) in [4.78, 5) is 16.7. The molecule has 1 aliphatic rings. The zero-order chi connectivity index (χ0) is 20.6. The lowest BCUT2D eigenvalue weighted by molar-refractivity contribution is 0.0948. The molecule has 7 heteroatoms. The maximum atomic E-state index is 12.4. The van der Waals surface area contributed by atoms with Gasteiger partial charge in [-0.2, -0.15) is 0 Å². The molecule has 152 valence electrons. The molecule has 0 atom stereocenters. The number of carbonyl (C=O) groups excluding carboxylic acids is 1. The van der Waals surface area contributed by atoms with E-state index in [0.29, 0.717) is 29.3 Å². The van der Waals surface area contributed by atoms with Crippen molar-refractivity contribution in [3.63, 3.8) is 0 Å². The summed E-state index contributed by atoms with van der Waals surface area (Å²) in [7, 11) is 0. The Morgan fingerprint density at radius 1 is 1.24 bits per heavy atom. The average Bonchev–Trinajstić information content (AvgIpc) is 3.16. The Labute approximate surface area is 172 Å². The topological polar surface area (TPSA) is 119 Å². The van der Waals surface area contributed by atoms with Gasteiger partial charge in [0.25, 0.3) is 5.91 Å². The Bertz CT molecular complexity index is 1050. The number of benzene rings is 1. The number of hydrogen-bond acceptors (Lipinski definition) is 5. The van der Waals surface area contributed by atoms with Crippen LogP contribution in [0.1, 0.15) is 24.7 Å². The molecule has 2 aromatic rings. The van der Waals surface area contributed by atoms with E-state index < -0.39 is 0 Å². The number of rotatable bonds is 6. The fourth-order valence-corrected chi connectivity index (χ4v) is 2.59. The summed E-state index contributed by atoms with van der Waals surface area (Å²) in [6.07, 6.45) is 10.7. The zero-order valence-corrected chi connectivity index (χ0v) is 16.1. The van der Waals surface area contributed by atoms with Gasteiger partial charge in [-0.05, 0) is 61.6 Å². The molecule has 1 amide bonds. The van der Waals surface area contributed by atoms with Crippen molar-refractivity contribution in [2.75, 3.05) is 0 Å². The molecule has 1 aliphatic heterocycles. The summed E-state index contributed by atoms with van der Waals surface area (Å²) < 4.78 is 5.45. The van der Waals surface area contributed by atoms with Crippen molar-refractivity contribution in [3.05, 3.63) is 101 Å². The Kier molecular flexibility index (Phi) is 6.32. The lowest BCUT2D eigenvalue weighted by atomic mass is 10.2. The van der Waals surface area contributed by atoms with Crippen LogP contribution in [0, 0.1) is 6.92 Å². The van der Waals surface area contributed by atoms with Gasteiger partial charge in [0.2, 0.25) is 0 Å². The predicted octanol–water partition coefficient (Wildman–Crippen LogP) is 3.40. The summed E-state index contributed by atoms with van der Waals surface area (Å²) in [5, 5.41) is 5.86. The summed E-state index contributed by atoms with van der Waals surface area (Å²) in [5.74, 6) is 1.55. The smallest absolute Gasteiger partial charge is 0.251 e. The first-order valence-corrected chi connectivity index (χ1v) is 9.06. The largest absolute Gasteiger partial charge is 0.465 e. The van der Waals surface area contributed by atoms with Gasteiger partial charge in [0.05, 0.1) is 23.6 Å². The van der Waals surface area contributed by atoms with E-state index in [1.165, 1.54) is 0 Å². The second kappa shape index (κ2) is 9.27. The minimum atomic E-state index is -0.220. The quantitative estimate of drug-likeness (QED) is 0.443. The number of aryl methyl sites for hydroxylation is 1. The standard InChI is InChI=1S/C22H23N5O2.2H2/c1-15-8-9-18(29-15)14-26-22(28)16-5-4-6-17(13-16)27-21(24)11-10-19(23)20-7-2-3-12-25-20;;/h2-13,25H,14,23H2,1H3,(H2,24,27)(H,26,28);2*1H/b11-10-,20-19+;;. The molecule has 1 aromatic carbocycles. The van der Waals surface area contributed by atoms with Crippen molar-refractivity contribution in [2.45, 2.75) is 13.5 Å². The van der Waals surface area contributed by atoms with Crippen molar-refractivity contribution in [2.24, 2.45) is 16.5 Å². The maximum Gasteiger partial charge on any atom is 0.251 e. The van der Waals surface area contributed by atoms with Gasteiger partial charge in [-0.3, -0.25) is 4.79 Å². The molecule has 2 heterocycles. The third-order valence-corrected chi connectivity index (χ3v) is 4.04. The number of aliphatic imine (C=N–C) groups is 1. The highest BCUT2D eigenvalue weighted by Gasteiger charge is 2.07. The maximum absolute atomic E-state index is 12.4. The molecule has 0 aliphatic carbocycles. The number of allylic oxidation sites excluding steroid dienone is 4. The Balaban J connectivity index is 0.00000240. The fourth-order valence-electron chi connectivity index (χ4n) is 2.59. The number of nitrogens with zero attached hydrogens (tertiary/aromatic N) is 1. The zero-order valence-electron chi connectivity index (χ0n) is 16.1. The van der Waals surface area contributed by atoms with Crippen molar-refractivity contribution >= 4 is 17.4 Å². The minimum Gasteiger partial charge on any atom is -0.465 e. The van der Waals surface area contributed by atoms with E-state index in [4.69, 9.17) is 15.9 Å². The molecule has 6 N–H and O–H groups in total. The number of nitrogens with one attached hydrogen (secondary N) is 2. The molecule has 0 spiro atoms. The van der Waals surface area contributed by atoms with Gasteiger partial charge in [-0.1, -0.05) is 12.1 Å². The van der Waals surface area contributed by atoms with Crippen LogP contribution in [0.3, 0.4) is 0 Å². The van der Waals surface area contributed by atoms with Crippen LogP contribution in [0.5, 0.6) is 0 Å². The van der Waals surface area contributed by atoms with Crippen LogP contribution < -0.4 is 22.1 Å². The predicted molar refractivity (Wildman–Crippen MR) is 118 cm³/mol. The van der Waals surface area contributed by atoms with Crippen LogP contribution in [-0.2, 0) is 6.54 Å². The summed E-state index contributed by atoms with van der Waals surface area (Å²) >= 11 is 0. The SMILES string of the molecule is Cc1ccc(CNC(=O)c2cccc(N=C(N)/C=C\C(N)=C3\C=CC=CN3)c2)o1.[HH].[HH]. The van der Waals surface area contributed by atoms with Crippen molar-refractivity contribution in [1.82, 2.24) is 10.6 Å². The van der Waals surface area contributed by atoms with E-state index in [-0.39, 0.29) is 14.6 Å². The third-order valence-electron chi connectivity index (χ3n) is 4.04. The van der Waals surface area contributed by atoms with E-state index in [1.54, 1.807) is 42.6 Å². The molecule has 3 rings (SSSR count). The molecule has 1 aromatic heterocycles. The number of nitrogens with two attached hydrogens (primary N) is 2. The fraction of sp³-hybridized carbons (Fsp3) is 0.0909. The molecule has 29 heavy (non-hydrogen) atoms. The first kappa shape index (κ1) is 19.8. The molecule has 0 radical (unpaired) electrons. The normalized spacial score (nSPS) is 15.4. The molecule has 0 unspecified atom stereocenters. The van der Waals surface area contributed by atoms with E-state index >= 15 is 0 Å². The number of furan rings is 1. The minimum absolute atomic E-state index is 0. The van der Waals surface area contributed by atoms with Crippen molar-refractivity contribution in [1.29, 1.82) is 0 Å². The average molecular weight is 393 g/mol. The lowest BCUT2D eigenvalue weighted by Crippen LogP contribution is -2.22. The number of hydrogen-bond donors (Lipinski definition) is 4. The van der Waals surface area contributed by atoms with E-state index in [9.17, 15) is 4.79 Å². The van der Waals surface area contributed by atoms with Crippen LogP contribution in [0.15, 0.2) is 93.8 Å². The summed E-state index contributed by atoms with van der Waals surface area (Å²) in [5.41, 5.74) is 14.3. The molecular formula is C22H27N5O2. The van der Waals surface area contributed by atoms with Gasteiger partial charge in [0, 0.05) is 14.6 Å². The van der Waals surface area contributed by atoms with Crippen LogP contribution in [0.2, 0.25) is 0 Å². The lowest BCUT2D eigenvalue weighted by Gasteiger charge is -2.07. The van der Waals surface area contributed by atoms with Crippen molar-refractivity contribution in [3.8, 4) is 0 Å². The number of amides is 1. The van der Waals surface area contributed by atoms with Gasteiger partial charge in [-0.15, -0.1) is 0 Å². The van der Waals surface area contributed by atoms with Gasteiger partial charge in [-0.25, -0.2) is 4.99 Å². The first-order chi connectivity index (χ1) is 14.0. The molecule has 0 saturated heterocycles. The van der Waals surface area contributed by atoms with Crippen LogP contribution in [0.4, 0.5) is 5.69 Å². The van der Waals surface area contributed by atoms with E-state index in [2.05, 4.69) is 15.6 Å². The molecule has 0 fully saturated rings. The Hall–Kier alpha value is -4.00. The highest BCUT2D eigenvalue weighted by Crippen LogP contribution is 2.15. The van der Waals surface area contributed by atoms with Crippen LogP contribution >= 0.6 is 0 Å². The molecule has 0 saturated carbocycles. The van der Waals surface area contributed by atoms with Crippen molar-refractivity contribution < 1.29 is 12.1 Å². The third kappa shape index (κ3) is 5.74. The van der Waals surface area contributed by atoms with E-state index in [0.717, 1.165) is 11.5 Å². The van der Waals surface area contributed by atoms with Gasteiger partial charge >= 0.3 is 0 Å². The number of amidine groups is 1. The highest BCUT2D eigenvalue weighted by molar-refractivity contribution is 5.96. The molecule has 0 bridgehead atoms. The Morgan fingerprint density at radius 2 is 2.10 bits per heavy atom. The van der Waals surface area contributed by atoms with E-state index in [1.807, 2.05) is 37.3 Å². The molecule has 7 nitrogen and oxygen atoms in total. The first-order valence-electron chi connectivity index (χ1n) is 9.06. The second-order valence-corrected chi connectivity index (χ2v) is 6.35. The van der Waals surface area contributed by atoms with Gasteiger partial charge in [0.15, 0.2) is 0 Å². The Morgan fingerprint density at radius 3 is 2.83 bits per heavy atom. The van der Waals surface area contributed by atoms with Gasteiger partial charge < -0.3 is 26.5 Å². The number of dihydropyridines is 1. The van der Waals surface area contributed by atoms with Crippen LogP contribution in [0.25, 0.3) is 0 Å². The van der Waals surface area contributed by atoms with Crippen LogP contribution in [-0.4, -0.2) is 11.7 Å². The second-order valence-electron chi connectivity index (χ2n) is 6.35. The number of carbonyl (C=O) groups is 1. The molecular weight excluding hydrogens is 366 g/mol. The summed E-state index contributed by atoms with van der Waals surface area (Å²) in [6.45, 7) is 2.17. The summed E-state index contributed by atoms with van der Waals surface area (Å²) in [6, 6.07) is 10.6. The monoisotopic (exact) mass is 393 g/mol. The van der Waals surface area contributed by atoms with Gasteiger partial charge in [0.1, 0.15) is 17.4 Å².